The van der Waals surface area contributed by atoms with Crippen molar-refractivity contribution < 1.29 is 14.3 Å². The summed E-state index contributed by atoms with van der Waals surface area (Å²) in [5.41, 5.74) is 2.11. The van der Waals surface area contributed by atoms with Crippen molar-refractivity contribution in [2.45, 2.75) is 13.0 Å². The number of amides is 3. The number of benzene rings is 1. The molecule has 0 radical (unpaired) electrons. The summed E-state index contributed by atoms with van der Waals surface area (Å²) in [6.07, 6.45) is 1.68. The standard InChI is InChI=1S/C17H19N3O3/c1-3-9-20-10-13-14(16(20)21)15(19-17(22)18-13)11-5-7-12(8-6-11)23-4-2/h3,5-8,15H,1,4,9-10H2,2H3,(H2,18,19,22)/t15-/m1/s1. The largest absolute Gasteiger partial charge is 0.494 e. The van der Waals surface area contributed by atoms with E-state index in [-0.39, 0.29) is 11.9 Å². The third-order valence-corrected chi connectivity index (χ3v) is 3.89. The summed E-state index contributed by atoms with van der Waals surface area (Å²) in [4.78, 5) is 26.2. The van der Waals surface area contributed by atoms with Gasteiger partial charge in [-0.2, -0.15) is 0 Å². The van der Waals surface area contributed by atoms with Crippen LogP contribution in [0.3, 0.4) is 0 Å². The predicted octanol–water partition coefficient (Wildman–Crippen LogP) is 1.72. The van der Waals surface area contributed by atoms with Gasteiger partial charge in [-0.1, -0.05) is 18.2 Å². The Morgan fingerprint density at radius 2 is 2.09 bits per heavy atom. The van der Waals surface area contributed by atoms with Crippen LogP contribution in [-0.4, -0.2) is 36.5 Å². The Labute approximate surface area is 134 Å². The molecule has 0 aliphatic carbocycles. The monoisotopic (exact) mass is 313 g/mol. The molecular formula is C17H19N3O3. The zero-order valence-corrected chi connectivity index (χ0v) is 13.0. The molecule has 3 amide bonds. The van der Waals surface area contributed by atoms with Crippen LogP contribution < -0.4 is 15.4 Å². The Bertz CT molecular complexity index is 679. The summed E-state index contributed by atoms with van der Waals surface area (Å²) in [6, 6.07) is 6.68. The first-order valence-electron chi connectivity index (χ1n) is 7.57. The van der Waals surface area contributed by atoms with Gasteiger partial charge in [0.1, 0.15) is 5.75 Å². The summed E-state index contributed by atoms with van der Waals surface area (Å²) in [6.45, 7) is 7.04. The summed E-state index contributed by atoms with van der Waals surface area (Å²) >= 11 is 0. The van der Waals surface area contributed by atoms with E-state index in [2.05, 4.69) is 17.2 Å². The summed E-state index contributed by atoms with van der Waals surface area (Å²) < 4.78 is 5.43. The van der Waals surface area contributed by atoms with Crippen molar-refractivity contribution in [1.82, 2.24) is 15.5 Å². The average Bonchev–Trinajstić information content (AvgIpc) is 2.84. The highest BCUT2D eigenvalue weighted by atomic mass is 16.5. The molecule has 2 aliphatic rings. The highest BCUT2D eigenvalue weighted by Gasteiger charge is 2.39. The molecule has 0 spiro atoms. The van der Waals surface area contributed by atoms with Crippen molar-refractivity contribution >= 4 is 11.9 Å². The van der Waals surface area contributed by atoms with Crippen LogP contribution in [0.25, 0.3) is 0 Å². The SMILES string of the molecule is C=CCN1CC2=C(C1=O)[C@@H](c1ccc(OCC)cc1)NC(=O)N2. The van der Waals surface area contributed by atoms with Crippen molar-refractivity contribution in [2.75, 3.05) is 19.7 Å². The molecule has 1 aromatic rings. The minimum Gasteiger partial charge on any atom is -0.494 e. The van der Waals surface area contributed by atoms with Gasteiger partial charge in [-0.05, 0) is 24.6 Å². The molecule has 0 bridgehead atoms. The normalized spacial score (nSPS) is 20.0. The van der Waals surface area contributed by atoms with Crippen LogP contribution >= 0.6 is 0 Å². The van der Waals surface area contributed by atoms with E-state index in [0.29, 0.717) is 31.0 Å². The zero-order chi connectivity index (χ0) is 16.4. The number of ether oxygens (including phenoxy) is 1. The Morgan fingerprint density at radius 3 is 2.74 bits per heavy atom. The highest BCUT2D eigenvalue weighted by Crippen LogP contribution is 2.33. The fourth-order valence-corrected chi connectivity index (χ4v) is 2.90. The van der Waals surface area contributed by atoms with Crippen LogP contribution in [0.5, 0.6) is 5.75 Å². The summed E-state index contributed by atoms with van der Waals surface area (Å²) in [7, 11) is 0. The van der Waals surface area contributed by atoms with E-state index in [1.807, 2.05) is 31.2 Å². The molecule has 2 heterocycles. The lowest BCUT2D eigenvalue weighted by Gasteiger charge is -2.25. The molecular weight excluding hydrogens is 294 g/mol. The van der Waals surface area contributed by atoms with Gasteiger partial charge < -0.3 is 20.3 Å². The second kappa shape index (κ2) is 6.16. The van der Waals surface area contributed by atoms with E-state index < -0.39 is 6.04 Å². The molecule has 0 saturated carbocycles. The Hall–Kier alpha value is -2.76. The minimum atomic E-state index is -0.447. The molecule has 1 aromatic carbocycles. The van der Waals surface area contributed by atoms with E-state index in [1.54, 1.807) is 11.0 Å². The van der Waals surface area contributed by atoms with Crippen LogP contribution in [0.1, 0.15) is 18.5 Å². The smallest absolute Gasteiger partial charge is 0.319 e. The molecule has 2 N–H and O–H groups in total. The van der Waals surface area contributed by atoms with Crippen molar-refractivity contribution in [1.29, 1.82) is 0 Å². The van der Waals surface area contributed by atoms with Gasteiger partial charge in [-0.3, -0.25) is 4.79 Å². The van der Waals surface area contributed by atoms with Gasteiger partial charge in [-0.15, -0.1) is 6.58 Å². The van der Waals surface area contributed by atoms with E-state index >= 15 is 0 Å². The number of urea groups is 1. The lowest BCUT2D eigenvalue weighted by atomic mass is 9.96. The maximum absolute atomic E-state index is 12.6. The van der Waals surface area contributed by atoms with Crippen molar-refractivity contribution in [3.05, 3.63) is 53.8 Å². The molecule has 0 saturated heterocycles. The molecule has 0 aromatic heterocycles. The van der Waals surface area contributed by atoms with Gasteiger partial charge in [0, 0.05) is 6.54 Å². The number of nitrogens with one attached hydrogen (secondary N) is 2. The Balaban J connectivity index is 1.91. The van der Waals surface area contributed by atoms with Crippen LogP contribution in [0, 0.1) is 0 Å². The topological polar surface area (TPSA) is 70.7 Å². The van der Waals surface area contributed by atoms with Crippen LogP contribution in [0.15, 0.2) is 48.2 Å². The lowest BCUT2D eigenvalue weighted by molar-refractivity contribution is -0.125. The molecule has 120 valence electrons. The number of carbonyl (C=O) groups is 2. The maximum Gasteiger partial charge on any atom is 0.319 e. The number of hydrogen-bond donors (Lipinski definition) is 2. The molecule has 23 heavy (non-hydrogen) atoms. The fraction of sp³-hybridized carbons (Fsp3) is 0.294. The van der Waals surface area contributed by atoms with Crippen LogP contribution in [0.2, 0.25) is 0 Å². The third kappa shape index (κ3) is 2.79. The fourth-order valence-electron chi connectivity index (χ4n) is 2.90. The predicted molar refractivity (Wildman–Crippen MR) is 85.8 cm³/mol. The molecule has 0 fully saturated rings. The first kappa shape index (κ1) is 15.1. The second-order valence-corrected chi connectivity index (χ2v) is 5.40. The van der Waals surface area contributed by atoms with Crippen molar-refractivity contribution in [3.63, 3.8) is 0 Å². The minimum absolute atomic E-state index is 0.0775. The van der Waals surface area contributed by atoms with Gasteiger partial charge in [0.2, 0.25) is 0 Å². The van der Waals surface area contributed by atoms with Gasteiger partial charge in [0.25, 0.3) is 5.91 Å². The molecule has 3 rings (SSSR count). The quantitative estimate of drug-likeness (QED) is 0.813. The molecule has 2 aliphatic heterocycles. The average molecular weight is 313 g/mol. The molecule has 0 unspecified atom stereocenters. The third-order valence-electron chi connectivity index (χ3n) is 3.89. The zero-order valence-electron chi connectivity index (χ0n) is 13.0. The maximum atomic E-state index is 12.6. The highest BCUT2D eigenvalue weighted by molar-refractivity contribution is 6.01. The summed E-state index contributed by atoms with van der Waals surface area (Å²) in [5.74, 6) is 0.683. The van der Waals surface area contributed by atoms with Gasteiger partial charge >= 0.3 is 6.03 Å². The van der Waals surface area contributed by atoms with E-state index in [4.69, 9.17) is 4.74 Å². The van der Waals surface area contributed by atoms with E-state index in [1.165, 1.54) is 0 Å². The second-order valence-electron chi connectivity index (χ2n) is 5.40. The number of rotatable bonds is 5. The number of carbonyl (C=O) groups excluding carboxylic acids is 2. The van der Waals surface area contributed by atoms with Crippen LogP contribution in [-0.2, 0) is 4.79 Å². The summed E-state index contributed by atoms with van der Waals surface area (Å²) in [5, 5.41) is 5.56. The van der Waals surface area contributed by atoms with Gasteiger partial charge in [-0.25, -0.2) is 4.79 Å². The van der Waals surface area contributed by atoms with E-state index in [9.17, 15) is 9.59 Å². The lowest BCUT2D eigenvalue weighted by Crippen LogP contribution is -2.44. The molecule has 1 atom stereocenters. The first-order valence-corrected chi connectivity index (χ1v) is 7.57. The molecule has 6 nitrogen and oxygen atoms in total. The van der Waals surface area contributed by atoms with Gasteiger partial charge in [0.05, 0.1) is 30.5 Å². The van der Waals surface area contributed by atoms with Crippen molar-refractivity contribution in [3.8, 4) is 5.75 Å². The van der Waals surface area contributed by atoms with Crippen molar-refractivity contribution in [2.24, 2.45) is 0 Å². The van der Waals surface area contributed by atoms with E-state index in [0.717, 1.165) is 11.3 Å². The Kier molecular flexibility index (Phi) is 4.06. The number of nitrogens with zero attached hydrogens (tertiary/aromatic N) is 1. The Morgan fingerprint density at radius 1 is 1.35 bits per heavy atom. The van der Waals surface area contributed by atoms with Gasteiger partial charge in [0.15, 0.2) is 0 Å². The molecule has 6 heteroatoms. The first-order chi connectivity index (χ1) is 11.1. The number of hydrogen-bond acceptors (Lipinski definition) is 3. The van der Waals surface area contributed by atoms with Crippen LogP contribution in [0.4, 0.5) is 4.79 Å².